The van der Waals surface area contributed by atoms with Crippen molar-refractivity contribution in [3.63, 3.8) is 0 Å². The van der Waals surface area contributed by atoms with Gasteiger partial charge in [0, 0.05) is 14.9 Å². The first-order chi connectivity index (χ1) is 5.79. The smallest absolute Gasteiger partial charge is 0.0616 e. The van der Waals surface area contributed by atoms with Crippen LogP contribution in [0.15, 0.2) is 33.0 Å². The molecular weight excluding hydrogens is 320 g/mol. The Labute approximate surface area is 95.8 Å². The lowest BCUT2D eigenvalue weighted by atomic mass is 10.2. The zero-order valence-electron chi connectivity index (χ0n) is 5.88. The first kappa shape index (κ1) is 9.19. The normalized spacial score (nSPS) is 16.2. The second-order valence-corrected chi connectivity index (χ2v) is 6.54. The van der Waals surface area contributed by atoms with Gasteiger partial charge in [-0.05, 0) is 48.7 Å². The average Bonchev–Trinajstić information content (AvgIpc) is 2.12. The van der Waals surface area contributed by atoms with Crippen molar-refractivity contribution in [2.75, 3.05) is 0 Å². The predicted molar refractivity (Wildman–Crippen MR) is 64.7 cm³/mol. The second-order valence-electron chi connectivity index (χ2n) is 2.25. The fourth-order valence-electron chi connectivity index (χ4n) is 0.945. The molecule has 0 N–H and O–H groups in total. The molecule has 0 amide bonds. The standard InChI is InChI=1S/C8H4Br2S2/c9-7-5-3-1-2-4-6(5)11-12-8(7)10/h1-4H. The van der Waals surface area contributed by atoms with Crippen LogP contribution in [0.2, 0.25) is 0 Å². The van der Waals surface area contributed by atoms with Gasteiger partial charge in [-0.25, -0.2) is 0 Å². The molecule has 1 aromatic rings. The van der Waals surface area contributed by atoms with Crippen molar-refractivity contribution in [3.8, 4) is 0 Å². The number of benzene rings is 1. The Morgan fingerprint density at radius 1 is 1.00 bits per heavy atom. The summed E-state index contributed by atoms with van der Waals surface area (Å²) in [4.78, 5) is 1.32. The third-order valence-corrected chi connectivity index (χ3v) is 6.90. The van der Waals surface area contributed by atoms with E-state index in [1.807, 2.05) is 0 Å². The molecule has 0 atom stereocenters. The van der Waals surface area contributed by atoms with Crippen molar-refractivity contribution in [2.24, 2.45) is 0 Å². The molecule has 1 heterocycles. The molecule has 0 bridgehead atoms. The number of halogens is 2. The summed E-state index contributed by atoms with van der Waals surface area (Å²) in [5.41, 5.74) is 1.27. The summed E-state index contributed by atoms with van der Waals surface area (Å²) in [6.45, 7) is 0. The van der Waals surface area contributed by atoms with E-state index in [-0.39, 0.29) is 0 Å². The Morgan fingerprint density at radius 3 is 2.58 bits per heavy atom. The van der Waals surface area contributed by atoms with Crippen LogP contribution in [-0.4, -0.2) is 0 Å². The summed E-state index contributed by atoms with van der Waals surface area (Å²) in [5, 5.41) is 0. The number of rotatable bonds is 0. The monoisotopic (exact) mass is 322 g/mol. The van der Waals surface area contributed by atoms with Crippen LogP contribution in [0.1, 0.15) is 5.56 Å². The Balaban J connectivity index is 2.59. The van der Waals surface area contributed by atoms with E-state index in [0.29, 0.717) is 0 Å². The van der Waals surface area contributed by atoms with Crippen LogP contribution in [0, 0.1) is 0 Å². The maximum atomic E-state index is 3.55. The van der Waals surface area contributed by atoms with Gasteiger partial charge >= 0.3 is 0 Å². The van der Waals surface area contributed by atoms with E-state index in [1.165, 1.54) is 10.5 Å². The molecule has 0 aromatic heterocycles. The Kier molecular flexibility index (Phi) is 2.89. The van der Waals surface area contributed by atoms with Gasteiger partial charge in [0.05, 0.1) is 3.81 Å². The van der Waals surface area contributed by atoms with E-state index in [0.717, 1.165) is 8.30 Å². The first-order valence-corrected chi connectivity index (χ1v) is 7.02. The van der Waals surface area contributed by atoms with Crippen LogP contribution < -0.4 is 0 Å². The molecule has 1 aliphatic rings. The fourth-order valence-corrected chi connectivity index (χ4v) is 4.71. The highest BCUT2D eigenvalue weighted by Crippen LogP contribution is 2.52. The van der Waals surface area contributed by atoms with Crippen LogP contribution in [0.5, 0.6) is 0 Å². The van der Waals surface area contributed by atoms with Gasteiger partial charge in [0.25, 0.3) is 0 Å². The summed E-state index contributed by atoms with van der Waals surface area (Å²) < 4.78 is 2.31. The summed E-state index contributed by atoms with van der Waals surface area (Å²) in [6, 6.07) is 8.36. The molecule has 0 nitrogen and oxygen atoms in total. The van der Waals surface area contributed by atoms with Crippen LogP contribution in [0.4, 0.5) is 0 Å². The second kappa shape index (κ2) is 3.78. The summed E-state index contributed by atoms with van der Waals surface area (Å²) in [6.07, 6.45) is 0. The van der Waals surface area contributed by atoms with Crippen molar-refractivity contribution >= 4 is 57.9 Å². The minimum absolute atomic E-state index is 1.15. The molecule has 0 radical (unpaired) electrons. The van der Waals surface area contributed by atoms with Gasteiger partial charge in [-0.3, -0.25) is 0 Å². The van der Waals surface area contributed by atoms with E-state index < -0.39 is 0 Å². The van der Waals surface area contributed by atoms with Crippen molar-refractivity contribution in [1.82, 2.24) is 0 Å². The van der Waals surface area contributed by atoms with Crippen LogP contribution in [-0.2, 0) is 0 Å². The van der Waals surface area contributed by atoms with Crippen LogP contribution in [0.25, 0.3) is 4.48 Å². The summed E-state index contributed by atoms with van der Waals surface area (Å²) >= 11 is 7.05. The minimum Gasteiger partial charge on any atom is -0.0616 e. The van der Waals surface area contributed by atoms with E-state index in [1.54, 1.807) is 21.6 Å². The molecule has 1 aromatic carbocycles. The highest BCUT2D eigenvalue weighted by Gasteiger charge is 2.15. The molecule has 4 heteroatoms. The van der Waals surface area contributed by atoms with Crippen LogP contribution in [0.3, 0.4) is 0 Å². The van der Waals surface area contributed by atoms with E-state index in [9.17, 15) is 0 Å². The fraction of sp³-hybridized carbons (Fsp3) is 0. The molecule has 0 unspecified atom stereocenters. The van der Waals surface area contributed by atoms with Crippen LogP contribution >= 0.6 is 53.4 Å². The lowest BCUT2D eigenvalue weighted by Crippen LogP contribution is -1.85. The van der Waals surface area contributed by atoms with Gasteiger partial charge in [-0.2, -0.15) is 0 Å². The Hall–Kier alpha value is 0.620. The highest BCUT2D eigenvalue weighted by molar-refractivity contribution is 9.19. The Morgan fingerprint density at radius 2 is 1.75 bits per heavy atom. The number of hydrogen-bond acceptors (Lipinski definition) is 2. The van der Waals surface area contributed by atoms with Gasteiger partial charge in [0.1, 0.15) is 0 Å². The molecule has 0 saturated carbocycles. The molecule has 0 spiro atoms. The van der Waals surface area contributed by atoms with Crippen molar-refractivity contribution < 1.29 is 0 Å². The quantitative estimate of drug-likeness (QED) is 0.625. The zero-order chi connectivity index (χ0) is 8.55. The van der Waals surface area contributed by atoms with Gasteiger partial charge in [-0.1, -0.05) is 29.0 Å². The van der Waals surface area contributed by atoms with Gasteiger partial charge in [-0.15, -0.1) is 0 Å². The average molecular weight is 324 g/mol. The maximum absolute atomic E-state index is 3.55. The molecule has 12 heavy (non-hydrogen) atoms. The number of fused-ring (bicyclic) bond motifs is 1. The third kappa shape index (κ3) is 1.62. The Bertz CT molecular complexity index is 347. The molecule has 0 fully saturated rings. The lowest BCUT2D eigenvalue weighted by molar-refractivity contribution is 1.43. The summed E-state index contributed by atoms with van der Waals surface area (Å²) in [5.74, 6) is 0. The molecule has 0 aliphatic carbocycles. The highest BCUT2D eigenvalue weighted by atomic mass is 79.9. The first-order valence-electron chi connectivity index (χ1n) is 3.28. The van der Waals surface area contributed by atoms with E-state index >= 15 is 0 Å². The maximum Gasteiger partial charge on any atom is 0.0763 e. The van der Waals surface area contributed by atoms with Crippen molar-refractivity contribution in [2.45, 2.75) is 4.90 Å². The SMILES string of the molecule is BrC1=C(Br)c2ccccc2SS1. The van der Waals surface area contributed by atoms with Crippen molar-refractivity contribution in [1.29, 1.82) is 0 Å². The van der Waals surface area contributed by atoms with Gasteiger partial charge < -0.3 is 0 Å². The summed E-state index contributed by atoms with van der Waals surface area (Å²) in [7, 11) is 3.52. The largest absolute Gasteiger partial charge is 0.0763 e. The third-order valence-electron chi connectivity index (χ3n) is 1.50. The predicted octanol–water partition coefficient (Wildman–Crippen LogP) is 4.86. The molecule has 1 aliphatic heterocycles. The molecule has 2 rings (SSSR count). The molecule has 0 saturated heterocycles. The lowest BCUT2D eigenvalue weighted by Gasteiger charge is -2.14. The molecule has 62 valence electrons. The van der Waals surface area contributed by atoms with Gasteiger partial charge in [0.15, 0.2) is 0 Å². The van der Waals surface area contributed by atoms with E-state index in [2.05, 4.69) is 56.1 Å². The zero-order valence-corrected chi connectivity index (χ0v) is 10.7. The van der Waals surface area contributed by atoms with Crippen molar-refractivity contribution in [3.05, 3.63) is 33.6 Å². The van der Waals surface area contributed by atoms with Gasteiger partial charge in [0.2, 0.25) is 0 Å². The number of hydrogen-bond donors (Lipinski definition) is 0. The minimum atomic E-state index is 1.15. The topological polar surface area (TPSA) is 0 Å². The van der Waals surface area contributed by atoms with E-state index in [4.69, 9.17) is 0 Å². The molecular formula is C8H4Br2S2.